The minimum Gasteiger partial charge on any atom is -0.286 e. The Bertz CT molecular complexity index is 1020. The summed E-state index contributed by atoms with van der Waals surface area (Å²) in [6, 6.07) is 12.3. The standard InChI is InChI=1S/C22H23N3O3S2/c1-15-5-6-16(2)19(13-15)23-22-24(11-4-12-29-3)21(26)20(30-22)14-17-7-9-18(10-8-17)25(27)28/h5-10,13-14H,4,11-12H2,1-3H3/b20-14-,23-22?. The summed E-state index contributed by atoms with van der Waals surface area (Å²) >= 11 is 3.10. The Labute approximate surface area is 184 Å². The number of aryl methyl sites for hydroxylation is 2. The second kappa shape index (κ2) is 9.95. The monoisotopic (exact) mass is 441 g/mol. The van der Waals surface area contributed by atoms with Gasteiger partial charge in [0.15, 0.2) is 5.17 Å². The zero-order valence-electron chi connectivity index (χ0n) is 17.1. The lowest BCUT2D eigenvalue weighted by Gasteiger charge is -2.15. The van der Waals surface area contributed by atoms with Crippen molar-refractivity contribution >= 4 is 52.0 Å². The van der Waals surface area contributed by atoms with Crippen LogP contribution in [0.15, 0.2) is 52.4 Å². The van der Waals surface area contributed by atoms with Crippen molar-refractivity contribution in [3.05, 3.63) is 74.2 Å². The third kappa shape index (κ3) is 5.31. The van der Waals surface area contributed by atoms with Crippen LogP contribution in [0.1, 0.15) is 23.1 Å². The fourth-order valence-corrected chi connectivity index (χ4v) is 4.38. The molecule has 0 aliphatic carbocycles. The smallest absolute Gasteiger partial charge is 0.269 e. The predicted octanol–water partition coefficient (Wildman–Crippen LogP) is 5.57. The highest BCUT2D eigenvalue weighted by atomic mass is 32.2. The number of amides is 1. The van der Waals surface area contributed by atoms with Crippen LogP contribution in [0.2, 0.25) is 0 Å². The molecule has 1 aliphatic rings. The topological polar surface area (TPSA) is 75.8 Å². The molecule has 0 N–H and O–H groups in total. The van der Waals surface area contributed by atoms with E-state index in [9.17, 15) is 14.9 Å². The van der Waals surface area contributed by atoms with Gasteiger partial charge in [-0.15, -0.1) is 0 Å². The minimum absolute atomic E-state index is 0.0263. The molecule has 0 unspecified atom stereocenters. The molecule has 1 aliphatic heterocycles. The van der Waals surface area contributed by atoms with Gasteiger partial charge in [0, 0.05) is 18.7 Å². The van der Waals surface area contributed by atoms with Crippen molar-refractivity contribution in [2.24, 2.45) is 4.99 Å². The number of thioether (sulfide) groups is 2. The first-order chi connectivity index (χ1) is 14.4. The second-order valence-electron chi connectivity index (χ2n) is 6.95. The van der Waals surface area contributed by atoms with Gasteiger partial charge in [0.1, 0.15) is 0 Å². The van der Waals surface area contributed by atoms with Gasteiger partial charge in [0.25, 0.3) is 11.6 Å². The highest BCUT2D eigenvalue weighted by Gasteiger charge is 2.33. The number of carbonyl (C=O) groups is 1. The fraction of sp³-hybridized carbons (Fsp3) is 0.273. The first-order valence-electron chi connectivity index (χ1n) is 9.50. The number of nitrogens with zero attached hydrogens (tertiary/aromatic N) is 3. The molecule has 1 fully saturated rings. The first kappa shape index (κ1) is 22.1. The first-order valence-corrected chi connectivity index (χ1v) is 11.7. The van der Waals surface area contributed by atoms with Crippen LogP contribution >= 0.6 is 23.5 Å². The highest BCUT2D eigenvalue weighted by Crippen LogP contribution is 2.35. The number of non-ortho nitro benzene ring substituents is 1. The molecule has 8 heteroatoms. The SMILES string of the molecule is CSCCCN1C(=O)/C(=C/c2ccc([N+](=O)[O-])cc2)SC1=Nc1cc(C)ccc1C. The van der Waals surface area contributed by atoms with E-state index in [2.05, 4.69) is 0 Å². The third-order valence-electron chi connectivity index (χ3n) is 4.60. The van der Waals surface area contributed by atoms with E-state index in [0.29, 0.717) is 16.6 Å². The Morgan fingerprint density at radius 1 is 1.20 bits per heavy atom. The lowest BCUT2D eigenvalue weighted by atomic mass is 10.1. The Morgan fingerprint density at radius 3 is 2.60 bits per heavy atom. The quantitative estimate of drug-likeness (QED) is 0.243. The van der Waals surface area contributed by atoms with Crippen LogP contribution in [0.4, 0.5) is 11.4 Å². The molecule has 0 spiro atoms. The largest absolute Gasteiger partial charge is 0.286 e. The molecule has 1 saturated heterocycles. The number of nitro groups is 1. The summed E-state index contributed by atoms with van der Waals surface area (Å²) in [5, 5.41) is 11.5. The number of rotatable bonds is 7. The van der Waals surface area contributed by atoms with Gasteiger partial charge in [0.05, 0.1) is 15.5 Å². The zero-order valence-corrected chi connectivity index (χ0v) is 18.8. The van der Waals surface area contributed by atoms with E-state index in [1.807, 2.05) is 38.3 Å². The molecule has 0 bridgehead atoms. The maximum Gasteiger partial charge on any atom is 0.269 e. The molecule has 0 radical (unpaired) electrons. The van der Waals surface area contributed by atoms with Crippen LogP contribution in [0, 0.1) is 24.0 Å². The van der Waals surface area contributed by atoms with Crippen LogP contribution in [0.25, 0.3) is 6.08 Å². The number of hydrogen-bond acceptors (Lipinski definition) is 6. The molecule has 1 heterocycles. The average Bonchev–Trinajstić information content (AvgIpc) is 3.00. The maximum absolute atomic E-state index is 13.1. The lowest BCUT2D eigenvalue weighted by molar-refractivity contribution is -0.384. The number of nitro benzene ring substituents is 1. The van der Waals surface area contributed by atoms with E-state index in [4.69, 9.17) is 4.99 Å². The molecule has 2 aromatic rings. The Hall–Kier alpha value is -2.58. The summed E-state index contributed by atoms with van der Waals surface area (Å²) in [6.07, 6.45) is 4.69. The zero-order chi connectivity index (χ0) is 21.7. The molecule has 0 saturated carbocycles. The summed E-state index contributed by atoms with van der Waals surface area (Å²) in [5.41, 5.74) is 3.80. The number of hydrogen-bond donors (Lipinski definition) is 0. The van der Waals surface area contributed by atoms with Crippen molar-refractivity contribution in [1.29, 1.82) is 0 Å². The molecular formula is C22H23N3O3S2. The number of carbonyl (C=O) groups excluding carboxylic acids is 1. The van der Waals surface area contributed by atoms with Gasteiger partial charge in [-0.25, -0.2) is 4.99 Å². The van der Waals surface area contributed by atoms with E-state index in [-0.39, 0.29) is 11.6 Å². The normalized spacial score (nSPS) is 16.6. The van der Waals surface area contributed by atoms with Crippen LogP contribution in [0.3, 0.4) is 0 Å². The molecular weight excluding hydrogens is 418 g/mol. The Balaban J connectivity index is 1.93. The minimum atomic E-state index is -0.436. The van der Waals surface area contributed by atoms with Gasteiger partial charge in [-0.05, 0) is 85.0 Å². The molecule has 0 atom stereocenters. The Kier molecular flexibility index (Phi) is 7.33. The summed E-state index contributed by atoms with van der Waals surface area (Å²) < 4.78 is 0. The van der Waals surface area contributed by atoms with Gasteiger partial charge >= 0.3 is 0 Å². The molecule has 6 nitrogen and oxygen atoms in total. The second-order valence-corrected chi connectivity index (χ2v) is 8.94. The summed E-state index contributed by atoms with van der Waals surface area (Å²) in [4.78, 5) is 30.6. The summed E-state index contributed by atoms with van der Waals surface area (Å²) in [5.74, 6) is 0.885. The van der Waals surface area contributed by atoms with E-state index in [1.54, 1.807) is 34.9 Å². The van der Waals surface area contributed by atoms with Crippen LogP contribution in [-0.4, -0.2) is 39.5 Å². The van der Waals surface area contributed by atoms with Gasteiger partial charge in [-0.3, -0.25) is 19.8 Å². The third-order valence-corrected chi connectivity index (χ3v) is 6.30. The molecule has 0 aromatic heterocycles. The number of benzene rings is 2. The lowest BCUT2D eigenvalue weighted by Crippen LogP contribution is -2.30. The van der Waals surface area contributed by atoms with E-state index in [0.717, 1.165) is 34.6 Å². The van der Waals surface area contributed by atoms with Crippen molar-refractivity contribution in [2.75, 3.05) is 18.6 Å². The highest BCUT2D eigenvalue weighted by molar-refractivity contribution is 8.18. The average molecular weight is 442 g/mol. The van der Waals surface area contributed by atoms with E-state index >= 15 is 0 Å². The maximum atomic E-state index is 13.1. The molecule has 30 heavy (non-hydrogen) atoms. The van der Waals surface area contributed by atoms with Gasteiger partial charge in [-0.2, -0.15) is 11.8 Å². The molecule has 2 aromatic carbocycles. The van der Waals surface area contributed by atoms with E-state index in [1.165, 1.54) is 23.9 Å². The van der Waals surface area contributed by atoms with Gasteiger partial charge < -0.3 is 0 Å². The van der Waals surface area contributed by atoms with Crippen molar-refractivity contribution in [2.45, 2.75) is 20.3 Å². The molecule has 156 valence electrons. The fourth-order valence-electron chi connectivity index (χ4n) is 2.94. The van der Waals surface area contributed by atoms with E-state index < -0.39 is 4.92 Å². The van der Waals surface area contributed by atoms with Crippen LogP contribution in [0.5, 0.6) is 0 Å². The van der Waals surface area contributed by atoms with Crippen molar-refractivity contribution in [3.8, 4) is 0 Å². The van der Waals surface area contributed by atoms with Gasteiger partial charge in [0.2, 0.25) is 0 Å². The van der Waals surface area contributed by atoms with Crippen molar-refractivity contribution < 1.29 is 9.72 Å². The van der Waals surface area contributed by atoms with Crippen molar-refractivity contribution in [3.63, 3.8) is 0 Å². The Morgan fingerprint density at radius 2 is 1.93 bits per heavy atom. The molecule has 3 rings (SSSR count). The summed E-state index contributed by atoms with van der Waals surface area (Å²) in [6.45, 7) is 4.63. The van der Waals surface area contributed by atoms with Crippen LogP contribution < -0.4 is 0 Å². The van der Waals surface area contributed by atoms with Crippen LogP contribution in [-0.2, 0) is 4.79 Å². The number of amidine groups is 1. The van der Waals surface area contributed by atoms with Gasteiger partial charge in [-0.1, -0.05) is 12.1 Å². The van der Waals surface area contributed by atoms with Crippen molar-refractivity contribution in [1.82, 2.24) is 4.90 Å². The summed E-state index contributed by atoms with van der Waals surface area (Å²) in [7, 11) is 0. The predicted molar refractivity (Wildman–Crippen MR) is 126 cm³/mol. The number of aliphatic imine (C=N–C) groups is 1. The molecule has 1 amide bonds.